The molecule has 36 heavy (non-hydrogen) atoms. The number of aliphatic imine (C=N–C) groups is 1. The monoisotopic (exact) mass is 496 g/mol. The molecule has 1 fully saturated rings. The molecular weight excluding hydrogens is 470 g/mol. The molecule has 2 heterocycles. The van der Waals surface area contributed by atoms with Gasteiger partial charge in [-0.1, -0.05) is 12.1 Å². The van der Waals surface area contributed by atoms with Gasteiger partial charge in [0, 0.05) is 25.8 Å². The van der Waals surface area contributed by atoms with E-state index in [0.29, 0.717) is 11.1 Å². The van der Waals surface area contributed by atoms with Crippen molar-refractivity contribution in [2.45, 2.75) is 30.0 Å². The molecule has 2 aromatic rings. The first-order chi connectivity index (χ1) is 17.2. The number of hydrogen-bond acceptors (Lipinski definition) is 7. The van der Waals surface area contributed by atoms with Crippen molar-refractivity contribution < 1.29 is 28.5 Å². The maximum Gasteiger partial charge on any atom is 0.332 e. The number of allylic oxidation sites excluding steroid dienone is 1. The maximum absolute atomic E-state index is 14.9. The van der Waals surface area contributed by atoms with E-state index in [0.717, 1.165) is 6.07 Å². The summed E-state index contributed by atoms with van der Waals surface area (Å²) in [5, 5.41) is 30.1. The van der Waals surface area contributed by atoms with E-state index in [2.05, 4.69) is 0 Å². The highest BCUT2D eigenvalue weighted by atomic mass is 19.1. The van der Waals surface area contributed by atoms with E-state index in [1.807, 2.05) is 4.90 Å². The lowest BCUT2D eigenvalue weighted by molar-refractivity contribution is -0.133. The fourth-order valence-corrected chi connectivity index (χ4v) is 5.08. The smallest absolute Gasteiger partial charge is 0.332 e. The second-order valence-electron chi connectivity index (χ2n) is 8.98. The summed E-state index contributed by atoms with van der Waals surface area (Å²) in [6.07, 6.45) is 3.23. The third kappa shape index (κ3) is 4.26. The largest absolute Gasteiger partial charge is 0.494 e. The van der Waals surface area contributed by atoms with Crippen LogP contribution in [0.1, 0.15) is 35.4 Å². The van der Waals surface area contributed by atoms with Crippen LogP contribution in [0.25, 0.3) is 0 Å². The number of ether oxygens (including phenoxy) is 1. The number of likely N-dealkylation sites (tertiary alicyclic amines) is 1. The lowest BCUT2D eigenvalue weighted by Crippen LogP contribution is -2.58. The highest BCUT2D eigenvalue weighted by molar-refractivity contribution is 5.95. The van der Waals surface area contributed by atoms with Crippen LogP contribution in [0.4, 0.5) is 8.78 Å². The highest BCUT2D eigenvalue weighted by Gasteiger charge is 2.52. The molecule has 10 heteroatoms. The summed E-state index contributed by atoms with van der Waals surface area (Å²) < 4.78 is 34.8. The molecule has 2 aromatic carbocycles. The zero-order chi connectivity index (χ0) is 26.1. The molecular formula is C26H26F2N4O4. The molecule has 2 aliphatic rings. The second kappa shape index (κ2) is 9.78. The fraction of sp³-hybridized carbons (Fsp3) is 0.346. The first kappa shape index (κ1) is 25.4. The van der Waals surface area contributed by atoms with Crippen molar-refractivity contribution in [1.29, 1.82) is 5.26 Å². The standard InChI is InChI=1S/C26H26F2N4O4/c1-36-22-5-3-16(12-21(22)28)23-19(24(33)34)6-9-31-26(23,18-4-2-17(14-29)20(27)13-18)32-10-7-25(35,15-30)8-11-32/h2-6,9,12-13,23,35H,7-8,10-11,15,30H2,1H3,(H,33,34). The van der Waals surface area contributed by atoms with Crippen molar-refractivity contribution in [3.8, 4) is 11.8 Å². The fourth-order valence-electron chi connectivity index (χ4n) is 5.08. The number of nitrogens with two attached hydrogens (primary N) is 1. The van der Waals surface area contributed by atoms with Crippen LogP contribution in [0, 0.1) is 23.0 Å². The Labute approximate surface area is 206 Å². The highest BCUT2D eigenvalue weighted by Crippen LogP contribution is 2.50. The number of piperidine rings is 1. The van der Waals surface area contributed by atoms with Gasteiger partial charge in [-0.3, -0.25) is 9.89 Å². The van der Waals surface area contributed by atoms with Gasteiger partial charge in [-0.2, -0.15) is 5.26 Å². The molecule has 0 aromatic heterocycles. The zero-order valence-electron chi connectivity index (χ0n) is 19.6. The molecule has 2 atom stereocenters. The Bertz CT molecular complexity index is 1280. The average molecular weight is 497 g/mol. The predicted molar refractivity (Wildman–Crippen MR) is 128 cm³/mol. The van der Waals surface area contributed by atoms with Crippen molar-refractivity contribution in [3.05, 3.63) is 76.4 Å². The summed E-state index contributed by atoms with van der Waals surface area (Å²) in [5.74, 6) is -3.79. The van der Waals surface area contributed by atoms with Gasteiger partial charge in [0.05, 0.1) is 29.8 Å². The van der Waals surface area contributed by atoms with Gasteiger partial charge in [-0.15, -0.1) is 0 Å². The first-order valence-corrected chi connectivity index (χ1v) is 11.4. The first-order valence-electron chi connectivity index (χ1n) is 11.4. The topological polar surface area (TPSA) is 132 Å². The van der Waals surface area contributed by atoms with Crippen molar-refractivity contribution in [2.24, 2.45) is 10.7 Å². The van der Waals surface area contributed by atoms with Gasteiger partial charge >= 0.3 is 5.97 Å². The van der Waals surface area contributed by atoms with E-state index in [1.165, 1.54) is 43.7 Å². The minimum Gasteiger partial charge on any atom is -0.494 e. The van der Waals surface area contributed by atoms with Gasteiger partial charge in [-0.25, -0.2) is 13.6 Å². The number of benzene rings is 2. The molecule has 2 unspecified atom stereocenters. The number of dihydropyridines is 1. The predicted octanol–water partition coefficient (Wildman–Crippen LogP) is 2.66. The van der Waals surface area contributed by atoms with E-state index in [1.54, 1.807) is 12.1 Å². The molecule has 8 nitrogen and oxygen atoms in total. The molecule has 1 saturated heterocycles. The lowest BCUT2D eigenvalue weighted by Gasteiger charge is -2.51. The third-order valence-electron chi connectivity index (χ3n) is 7.07. The number of carboxylic acid groups (broad SMARTS) is 1. The number of aliphatic hydroxyl groups is 1. The van der Waals surface area contributed by atoms with Crippen LogP contribution in [0.2, 0.25) is 0 Å². The number of carbonyl (C=O) groups is 1. The molecule has 0 amide bonds. The zero-order valence-corrected chi connectivity index (χ0v) is 19.6. The van der Waals surface area contributed by atoms with E-state index in [-0.39, 0.29) is 49.4 Å². The molecule has 0 saturated carbocycles. The van der Waals surface area contributed by atoms with Gasteiger partial charge in [0.15, 0.2) is 11.6 Å². The second-order valence-corrected chi connectivity index (χ2v) is 8.98. The number of hydrogen-bond donors (Lipinski definition) is 3. The number of carboxylic acids is 1. The Morgan fingerprint density at radius 1 is 1.25 bits per heavy atom. The van der Waals surface area contributed by atoms with E-state index in [9.17, 15) is 29.1 Å². The molecule has 0 spiro atoms. The molecule has 2 aliphatic heterocycles. The van der Waals surface area contributed by atoms with Crippen molar-refractivity contribution in [3.63, 3.8) is 0 Å². The normalized spacial score (nSPS) is 23.6. The van der Waals surface area contributed by atoms with Crippen LogP contribution in [0.15, 0.2) is 53.0 Å². The summed E-state index contributed by atoms with van der Waals surface area (Å²) in [6.45, 7) is 0.569. The Morgan fingerprint density at radius 2 is 1.97 bits per heavy atom. The summed E-state index contributed by atoms with van der Waals surface area (Å²) in [4.78, 5) is 19.0. The van der Waals surface area contributed by atoms with Crippen molar-refractivity contribution in [1.82, 2.24) is 4.90 Å². The molecule has 188 valence electrons. The van der Waals surface area contributed by atoms with Gasteiger partial charge in [-0.05, 0) is 54.3 Å². The van der Waals surface area contributed by atoms with Crippen molar-refractivity contribution >= 4 is 12.2 Å². The summed E-state index contributed by atoms with van der Waals surface area (Å²) >= 11 is 0. The number of nitriles is 1. The van der Waals surface area contributed by atoms with Gasteiger partial charge in [0.1, 0.15) is 17.5 Å². The number of methoxy groups -OCH3 is 1. The average Bonchev–Trinajstić information content (AvgIpc) is 2.88. The molecule has 0 radical (unpaired) electrons. The van der Waals surface area contributed by atoms with E-state index >= 15 is 0 Å². The number of rotatable bonds is 6. The van der Waals surface area contributed by atoms with Crippen LogP contribution < -0.4 is 10.5 Å². The quantitative estimate of drug-likeness (QED) is 0.560. The third-order valence-corrected chi connectivity index (χ3v) is 7.07. The van der Waals surface area contributed by atoms with Crippen LogP contribution in [-0.4, -0.2) is 59.6 Å². The summed E-state index contributed by atoms with van der Waals surface area (Å²) in [7, 11) is 1.32. The van der Waals surface area contributed by atoms with Gasteiger partial charge in [0.2, 0.25) is 0 Å². The number of halogens is 2. The van der Waals surface area contributed by atoms with Crippen LogP contribution in [-0.2, 0) is 10.5 Å². The minimum atomic E-state index is -1.51. The number of aliphatic carboxylic acids is 1. The van der Waals surface area contributed by atoms with E-state index in [4.69, 9.17) is 15.5 Å². The Kier molecular flexibility index (Phi) is 6.91. The maximum atomic E-state index is 14.9. The molecule has 4 rings (SSSR count). The SMILES string of the molecule is COc1ccc(C2C(C(=O)O)=CC=NC2(c2ccc(C#N)c(F)c2)N2CCC(O)(CN)CC2)cc1F. The van der Waals surface area contributed by atoms with Crippen molar-refractivity contribution in [2.75, 3.05) is 26.7 Å². The summed E-state index contributed by atoms with van der Waals surface area (Å²) in [5.41, 5.74) is 3.50. The Balaban J connectivity index is 1.97. The van der Waals surface area contributed by atoms with Crippen LogP contribution in [0.5, 0.6) is 5.75 Å². The van der Waals surface area contributed by atoms with E-state index < -0.39 is 34.8 Å². The molecule has 0 aliphatic carbocycles. The Morgan fingerprint density at radius 3 is 2.53 bits per heavy atom. The van der Waals surface area contributed by atoms with Gasteiger partial charge < -0.3 is 20.7 Å². The number of nitrogens with zero attached hydrogens (tertiary/aromatic N) is 3. The lowest BCUT2D eigenvalue weighted by atomic mass is 9.73. The Hall–Kier alpha value is -3.65. The minimum absolute atomic E-state index is 0.0140. The van der Waals surface area contributed by atoms with Crippen LogP contribution in [0.3, 0.4) is 0 Å². The van der Waals surface area contributed by atoms with Gasteiger partial charge in [0.25, 0.3) is 0 Å². The molecule has 4 N–H and O–H groups in total. The van der Waals surface area contributed by atoms with Crippen LogP contribution >= 0.6 is 0 Å². The summed E-state index contributed by atoms with van der Waals surface area (Å²) in [6, 6.07) is 9.93. The molecule has 0 bridgehead atoms.